The first kappa shape index (κ1) is 33.6. The van der Waals surface area contributed by atoms with E-state index in [4.69, 9.17) is 22.9 Å². The van der Waals surface area contributed by atoms with Crippen LogP contribution in [0.4, 0.5) is 0 Å². The summed E-state index contributed by atoms with van der Waals surface area (Å²) in [4.78, 5) is 69.3. The first-order chi connectivity index (χ1) is 18.1. The monoisotopic (exact) mass is 553 g/mol. The molecule has 0 radical (unpaired) electrons. The van der Waals surface area contributed by atoms with E-state index in [0.29, 0.717) is 32.2 Å². The van der Waals surface area contributed by atoms with Gasteiger partial charge in [-0.1, -0.05) is 27.7 Å². The topological polar surface area (TPSA) is 241 Å². The van der Waals surface area contributed by atoms with Gasteiger partial charge in [0.1, 0.15) is 24.2 Å². The van der Waals surface area contributed by atoms with Gasteiger partial charge in [0.05, 0.1) is 6.04 Å². The molecule has 39 heavy (non-hydrogen) atoms. The number of carbonyl (C=O) groups excluding carboxylic acids is 5. The van der Waals surface area contributed by atoms with Crippen molar-refractivity contribution in [2.75, 3.05) is 13.1 Å². The minimum atomic E-state index is -0.948. The van der Waals surface area contributed by atoms with Crippen LogP contribution in [-0.2, 0) is 24.0 Å². The highest BCUT2D eigenvalue weighted by Gasteiger charge is 2.39. The highest BCUT2D eigenvalue weighted by atomic mass is 16.2. The molecule has 11 N–H and O–H groups in total. The smallest absolute Gasteiger partial charge is 0.245 e. The Hall–Kier alpha value is -3.42. The number of rotatable bonds is 15. The van der Waals surface area contributed by atoms with E-state index >= 15 is 0 Å². The summed E-state index contributed by atoms with van der Waals surface area (Å²) in [5.74, 6) is -2.87. The molecule has 0 aliphatic carbocycles. The number of guanidine groups is 1. The molecule has 0 saturated carbocycles. The summed E-state index contributed by atoms with van der Waals surface area (Å²) in [7, 11) is 0. The maximum atomic E-state index is 13.6. The number of amides is 5. The summed E-state index contributed by atoms with van der Waals surface area (Å²) in [6, 6.07) is -4.37. The van der Waals surface area contributed by atoms with Crippen molar-refractivity contribution in [3.8, 4) is 0 Å². The zero-order valence-corrected chi connectivity index (χ0v) is 23.7. The summed E-state index contributed by atoms with van der Waals surface area (Å²) in [5.41, 5.74) is 21.7. The molecule has 1 rings (SSSR count). The largest absolute Gasteiger partial charge is 0.370 e. The van der Waals surface area contributed by atoms with Crippen molar-refractivity contribution in [2.24, 2.45) is 39.8 Å². The number of nitrogens with one attached hydrogen (secondary N) is 3. The first-order valence-corrected chi connectivity index (χ1v) is 13.5. The van der Waals surface area contributed by atoms with Gasteiger partial charge in [0.15, 0.2) is 5.96 Å². The standard InChI is InChI=1S/C25H47N9O5/c1-13(2)12-17(32-23(38)19(14(3)4)33-21(36)15(5)26)24(39)34-11-7-9-18(34)22(37)31-16(20(27)35)8-6-10-30-25(28)29/h13-19H,6-12,26H2,1-5H3,(H2,27,35)(H,31,37)(H,32,38)(H,33,36)(H4,28,29,30)/t15-,16-,17-,18-,19-/m0/s1. The number of primary amides is 1. The zero-order valence-electron chi connectivity index (χ0n) is 23.7. The number of nitrogens with two attached hydrogens (primary N) is 4. The summed E-state index contributed by atoms with van der Waals surface area (Å²) in [6.45, 7) is 9.49. The molecule has 0 spiro atoms. The molecule has 1 heterocycles. The Morgan fingerprint density at radius 3 is 2.08 bits per heavy atom. The molecule has 1 aliphatic rings. The lowest BCUT2D eigenvalue weighted by atomic mass is 9.99. The second-order valence-electron chi connectivity index (χ2n) is 10.8. The molecule has 14 nitrogen and oxygen atoms in total. The van der Waals surface area contributed by atoms with Gasteiger partial charge in [0, 0.05) is 13.1 Å². The second kappa shape index (κ2) is 15.9. The molecule has 1 fully saturated rings. The van der Waals surface area contributed by atoms with Crippen molar-refractivity contribution >= 4 is 35.5 Å². The van der Waals surface area contributed by atoms with E-state index in [-0.39, 0.29) is 30.8 Å². The molecule has 222 valence electrons. The molecule has 1 saturated heterocycles. The fourth-order valence-corrected chi connectivity index (χ4v) is 4.33. The average molecular weight is 554 g/mol. The quantitative estimate of drug-likeness (QED) is 0.0679. The van der Waals surface area contributed by atoms with Gasteiger partial charge < -0.3 is 43.8 Å². The maximum absolute atomic E-state index is 13.6. The van der Waals surface area contributed by atoms with Gasteiger partial charge >= 0.3 is 0 Å². The van der Waals surface area contributed by atoms with Crippen LogP contribution in [-0.4, -0.2) is 83.7 Å². The zero-order chi connectivity index (χ0) is 29.9. The number of hydrogen-bond acceptors (Lipinski definition) is 7. The van der Waals surface area contributed by atoms with Crippen molar-refractivity contribution in [3.63, 3.8) is 0 Å². The Kier molecular flexibility index (Phi) is 13.7. The van der Waals surface area contributed by atoms with Gasteiger partial charge in [0.25, 0.3) is 0 Å². The average Bonchev–Trinajstić information content (AvgIpc) is 3.32. The summed E-state index contributed by atoms with van der Waals surface area (Å²) >= 11 is 0. The minimum absolute atomic E-state index is 0.0507. The SMILES string of the molecule is CC(C)C[C@H](NC(=O)[C@@H](NC(=O)[C@H](C)N)C(C)C)C(=O)N1CCC[C@H]1C(=O)N[C@@H](CCCN=C(N)N)C(N)=O. The van der Waals surface area contributed by atoms with Crippen LogP contribution in [0.2, 0.25) is 0 Å². The Morgan fingerprint density at radius 2 is 1.56 bits per heavy atom. The lowest BCUT2D eigenvalue weighted by Crippen LogP contribution is -2.59. The van der Waals surface area contributed by atoms with E-state index in [1.165, 1.54) is 11.8 Å². The maximum Gasteiger partial charge on any atom is 0.245 e. The van der Waals surface area contributed by atoms with Crippen LogP contribution in [0.3, 0.4) is 0 Å². The Balaban J connectivity index is 3.01. The Bertz CT molecular complexity index is 902. The van der Waals surface area contributed by atoms with Gasteiger partial charge in [-0.3, -0.25) is 29.0 Å². The molecule has 0 aromatic heterocycles. The van der Waals surface area contributed by atoms with Crippen molar-refractivity contribution in [1.29, 1.82) is 0 Å². The molecule has 0 unspecified atom stereocenters. The van der Waals surface area contributed by atoms with Crippen LogP contribution in [0.25, 0.3) is 0 Å². The molecule has 0 aromatic carbocycles. The molecule has 14 heteroatoms. The van der Waals surface area contributed by atoms with Gasteiger partial charge in [-0.15, -0.1) is 0 Å². The fraction of sp³-hybridized carbons (Fsp3) is 0.760. The molecule has 0 bridgehead atoms. The minimum Gasteiger partial charge on any atom is -0.370 e. The Labute approximate surface area is 230 Å². The van der Waals surface area contributed by atoms with Gasteiger partial charge in [-0.05, 0) is 50.9 Å². The van der Waals surface area contributed by atoms with Crippen LogP contribution >= 0.6 is 0 Å². The highest BCUT2D eigenvalue weighted by Crippen LogP contribution is 2.21. The number of hydrogen-bond donors (Lipinski definition) is 7. The number of carbonyl (C=O) groups is 5. The van der Waals surface area contributed by atoms with Crippen LogP contribution in [0.15, 0.2) is 4.99 Å². The summed E-state index contributed by atoms with van der Waals surface area (Å²) in [5, 5.41) is 8.08. The predicted octanol–water partition coefficient (Wildman–Crippen LogP) is -1.98. The summed E-state index contributed by atoms with van der Waals surface area (Å²) in [6.07, 6.45) is 1.96. The fourth-order valence-electron chi connectivity index (χ4n) is 4.33. The third-order valence-corrected chi connectivity index (χ3v) is 6.43. The van der Waals surface area contributed by atoms with Crippen LogP contribution in [0.1, 0.15) is 66.7 Å². The number of nitrogens with zero attached hydrogens (tertiary/aromatic N) is 2. The van der Waals surface area contributed by atoms with E-state index < -0.39 is 59.7 Å². The van der Waals surface area contributed by atoms with Gasteiger partial charge in [0.2, 0.25) is 29.5 Å². The van der Waals surface area contributed by atoms with Crippen LogP contribution in [0.5, 0.6) is 0 Å². The molecule has 5 atom stereocenters. The molecule has 0 aromatic rings. The van der Waals surface area contributed by atoms with E-state index in [1.807, 2.05) is 13.8 Å². The van der Waals surface area contributed by atoms with Crippen molar-refractivity contribution < 1.29 is 24.0 Å². The molecule has 5 amide bonds. The lowest BCUT2D eigenvalue weighted by Gasteiger charge is -2.31. The molecule has 1 aliphatic heterocycles. The molecular formula is C25H47N9O5. The van der Waals surface area contributed by atoms with Crippen molar-refractivity contribution in [3.05, 3.63) is 0 Å². The number of likely N-dealkylation sites (tertiary alicyclic amines) is 1. The second-order valence-corrected chi connectivity index (χ2v) is 10.8. The normalized spacial score (nSPS) is 18.2. The predicted molar refractivity (Wildman–Crippen MR) is 148 cm³/mol. The Morgan fingerprint density at radius 1 is 0.923 bits per heavy atom. The lowest BCUT2D eigenvalue weighted by molar-refractivity contribution is -0.143. The van der Waals surface area contributed by atoms with E-state index in [9.17, 15) is 24.0 Å². The third-order valence-electron chi connectivity index (χ3n) is 6.43. The van der Waals surface area contributed by atoms with E-state index in [2.05, 4.69) is 20.9 Å². The van der Waals surface area contributed by atoms with Gasteiger partial charge in [-0.2, -0.15) is 0 Å². The number of aliphatic imine (C=N–C) groups is 1. The first-order valence-electron chi connectivity index (χ1n) is 13.5. The van der Waals surface area contributed by atoms with Crippen LogP contribution < -0.4 is 38.9 Å². The van der Waals surface area contributed by atoms with Crippen LogP contribution in [0, 0.1) is 11.8 Å². The van der Waals surface area contributed by atoms with E-state index in [1.54, 1.807) is 13.8 Å². The molecular weight excluding hydrogens is 506 g/mol. The van der Waals surface area contributed by atoms with Crippen molar-refractivity contribution in [1.82, 2.24) is 20.9 Å². The summed E-state index contributed by atoms with van der Waals surface area (Å²) < 4.78 is 0. The van der Waals surface area contributed by atoms with E-state index in [0.717, 1.165) is 0 Å². The van der Waals surface area contributed by atoms with Crippen molar-refractivity contribution in [2.45, 2.75) is 96.9 Å². The van der Waals surface area contributed by atoms with Gasteiger partial charge in [-0.25, -0.2) is 0 Å². The third kappa shape index (κ3) is 11.1. The highest BCUT2D eigenvalue weighted by molar-refractivity contribution is 5.96.